The quantitative estimate of drug-likeness (QED) is 0.178. The summed E-state index contributed by atoms with van der Waals surface area (Å²) < 4.78 is 14.7. The first-order valence-electron chi connectivity index (χ1n) is 13.8. The molecule has 2 atom stereocenters. The van der Waals surface area contributed by atoms with E-state index in [2.05, 4.69) is 86.7 Å². The first kappa shape index (κ1) is 27.1. The molecule has 0 amide bonds. The zero-order valence-electron chi connectivity index (χ0n) is 22.9. The van der Waals surface area contributed by atoms with Crippen LogP contribution in [0.25, 0.3) is 10.9 Å². The molecular weight excluding hydrogens is 580 g/mol. The van der Waals surface area contributed by atoms with Crippen molar-refractivity contribution in [2.24, 2.45) is 0 Å². The van der Waals surface area contributed by atoms with Crippen molar-refractivity contribution in [3.63, 3.8) is 0 Å². The first-order valence-corrected chi connectivity index (χ1v) is 14.6. The Kier molecular flexibility index (Phi) is 7.32. The minimum atomic E-state index is -0.735. The van der Waals surface area contributed by atoms with Crippen molar-refractivity contribution >= 4 is 46.1 Å². The minimum Gasteiger partial charge on any atom is -0.378 e. The van der Waals surface area contributed by atoms with Crippen LogP contribution >= 0.6 is 15.9 Å². The molecule has 1 fully saturated rings. The van der Waals surface area contributed by atoms with Gasteiger partial charge in [-0.25, -0.2) is 4.39 Å². The van der Waals surface area contributed by atoms with E-state index < -0.39 is 5.44 Å². The predicted octanol–water partition coefficient (Wildman–Crippen LogP) is 5.80. The Labute approximate surface area is 248 Å². The minimum absolute atomic E-state index is 0.0149. The molecule has 2 heterocycles. The lowest BCUT2D eigenvalue weighted by molar-refractivity contribution is 0.260. The molecule has 0 saturated heterocycles. The number of halogens is 2. The van der Waals surface area contributed by atoms with E-state index in [1.807, 2.05) is 30.3 Å². The molecule has 0 radical (unpaired) electrons. The molecule has 4 aromatic rings. The maximum atomic E-state index is 13.9. The number of hydrogen-bond donors (Lipinski definition) is 4. The van der Waals surface area contributed by atoms with Gasteiger partial charge in [0.1, 0.15) is 19.7 Å². The number of anilines is 2. The number of hydrogen-bond acceptors (Lipinski definition) is 7. The molecule has 3 aromatic carbocycles. The average molecular weight is 610 g/mol. The molecule has 206 valence electrons. The molecule has 7 nitrogen and oxygen atoms in total. The van der Waals surface area contributed by atoms with Gasteiger partial charge < -0.3 is 16.1 Å². The molecule has 6 rings (SSSR count). The number of nitrogens with one attached hydrogen (secondary N) is 4. The molecule has 1 aliphatic carbocycles. The van der Waals surface area contributed by atoms with Crippen molar-refractivity contribution in [2.75, 3.05) is 10.6 Å². The van der Waals surface area contributed by atoms with Crippen LogP contribution in [-0.4, -0.2) is 23.9 Å². The van der Waals surface area contributed by atoms with Crippen LogP contribution in [0, 0.1) is 17.1 Å². The second-order valence-corrected chi connectivity index (χ2v) is 11.6. The van der Waals surface area contributed by atoms with Gasteiger partial charge in [-0.2, -0.15) is 5.26 Å². The summed E-state index contributed by atoms with van der Waals surface area (Å²) in [6, 6.07) is 23.6. The molecule has 2 aliphatic rings. The normalized spacial score (nSPS) is 16.8. The number of benzene rings is 3. The summed E-state index contributed by atoms with van der Waals surface area (Å²) >= 11 is 3.74. The van der Waals surface area contributed by atoms with Gasteiger partial charge in [0.05, 0.1) is 33.9 Å². The molecule has 1 aliphatic heterocycles. The third-order valence-corrected chi connectivity index (χ3v) is 8.46. The van der Waals surface area contributed by atoms with E-state index in [9.17, 15) is 9.65 Å². The van der Waals surface area contributed by atoms with Gasteiger partial charge in [0.25, 0.3) is 0 Å². The summed E-state index contributed by atoms with van der Waals surface area (Å²) in [5, 5.41) is 20.3. The van der Waals surface area contributed by atoms with Gasteiger partial charge in [-0.15, -0.1) is 5.53 Å². The number of pyridine rings is 1. The molecule has 4 N–H and O–H groups in total. The Morgan fingerprint density at radius 3 is 2.63 bits per heavy atom. The topological polar surface area (TPSA) is 88.0 Å². The highest BCUT2D eigenvalue weighted by Gasteiger charge is 2.38. The summed E-state index contributed by atoms with van der Waals surface area (Å²) in [4.78, 5) is 4.62. The smallest absolute Gasteiger partial charge is 0.148 e. The summed E-state index contributed by atoms with van der Waals surface area (Å²) in [7, 11) is 2.07. The van der Waals surface area contributed by atoms with Crippen LogP contribution in [0.1, 0.15) is 48.9 Å². The van der Waals surface area contributed by atoms with E-state index in [-0.39, 0.29) is 11.9 Å². The SMILES string of the molecule is BC(Nc1cc(Br)c2ncc(C#N)c(N[C@H](CC)c3ccccc3)c2c1)(C1=CN(C2CC2)NN1)c1ccc(F)cc1. The van der Waals surface area contributed by atoms with Crippen molar-refractivity contribution in [3.8, 4) is 6.07 Å². The summed E-state index contributed by atoms with van der Waals surface area (Å²) in [5.74, 6) is -0.287. The van der Waals surface area contributed by atoms with Gasteiger partial charge in [0, 0.05) is 34.0 Å². The summed E-state index contributed by atoms with van der Waals surface area (Å²) in [5.41, 5.74) is 11.6. The highest BCUT2D eigenvalue weighted by Crippen LogP contribution is 2.39. The zero-order chi connectivity index (χ0) is 28.6. The van der Waals surface area contributed by atoms with Crippen LogP contribution in [0.2, 0.25) is 0 Å². The van der Waals surface area contributed by atoms with Gasteiger partial charge in [0.2, 0.25) is 0 Å². The molecule has 1 saturated carbocycles. The third-order valence-electron chi connectivity index (χ3n) is 7.86. The van der Waals surface area contributed by atoms with Crippen LogP contribution in [-0.2, 0) is 5.44 Å². The molecule has 0 spiro atoms. The van der Waals surface area contributed by atoms with E-state index >= 15 is 0 Å². The van der Waals surface area contributed by atoms with Gasteiger partial charge >= 0.3 is 0 Å². The van der Waals surface area contributed by atoms with Crippen molar-refractivity contribution in [1.29, 1.82) is 5.26 Å². The van der Waals surface area contributed by atoms with E-state index in [4.69, 9.17) is 0 Å². The Morgan fingerprint density at radius 1 is 1.20 bits per heavy atom. The molecule has 1 aromatic heterocycles. The lowest BCUT2D eigenvalue weighted by Gasteiger charge is -2.34. The summed E-state index contributed by atoms with van der Waals surface area (Å²) in [6.07, 6.45) is 6.82. The zero-order valence-corrected chi connectivity index (χ0v) is 24.5. The van der Waals surface area contributed by atoms with Crippen molar-refractivity contribution in [3.05, 3.63) is 112 Å². The second-order valence-electron chi connectivity index (χ2n) is 10.7. The van der Waals surface area contributed by atoms with E-state index in [1.165, 1.54) is 12.1 Å². The molecule has 1 unspecified atom stereocenters. The van der Waals surface area contributed by atoms with Gasteiger partial charge in [-0.1, -0.05) is 49.4 Å². The Hall–Kier alpha value is -4.07. The standard InChI is InChI=1S/C31H30BBrFN7/c1-2-27(19-6-4-3-5-7-19)37-29-20(16-35)17-36-30-25(29)14-23(15-26(30)33)38-31(32,21-8-10-22(34)11-9-21)28-18-41(40-39-28)24-12-13-24/h3-11,14-15,17-18,24,27,38-40H,2,12-13,32H2,1H3,(H,36,37)/t27-,31?/m1/s1. The lowest BCUT2D eigenvalue weighted by Crippen LogP contribution is -2.45. The number of rotatable bonds is 9. The van der Waals surface area contributed by atoms with Crippen molar-refractivity contribution in [2.45, 2.75) is 43.7 Å². The third kappa shape index (κ3) is 5.35. The van der Waals surface area contributed by atoms with Crippen molar-refractivity contribution < 1.29 is 4.39 Å². The largest absolute Gasteiger partial charge is 0.378 e. The Balaban J connectivity index is 1.44. The van der Waals surface area contributed by atoms with E-state index in [0.717, 1.165) is 62.8 Å². The average Bonchev–Trinajstić information content (AvgIpc) is 3.72. The number of aromatic nitrogens is 1. The maximum Gasteiger partial charge on any atom is 0.148 e. The second kappa shape index (κ2) is 11.1. The highest BCUT2D eigenvalue weighted by molar-refractivity contribution is 9.10. The van der Waals surface area contributed by atoms with Gasteiger partial charge in [0.15, 0.2) is 0 Å². The molecular formula is C31H30BBrFN7. The van der Waals surface area contributed by atoms with E-state index in [0.29, 0.717) is 11.6 Å². The van der Waals surface area contributed by atoms with Crippen LogP contribution in [0.3, 0.4) is 0 Å². The first-order chi connectivity index (χ1) is 19.9. The van der Waals surface area contributed by atoms with Crippen LogP contribution in [0.4, 0.5) is 15.8 Å². The monoisotopic (exact) mass is 609 g/mol. The van der Waals surface area contributed by atoms with Crippen LogP contribution in [0.15, 0.2) is 89.3 Å². The molecule has 10 heteroatoms. The fourth-order valence-electron chi connectivity index (χ4n) is 5.35. The maximum absolute atomic E-state index is 13.9. The number of hydrazine groups is 2. The molecule has 0 bridgehead atoms. The number of nitriles is 1. The highest BCUT2D eigenvalue weighted by atomic mass is 79.9. The van der Waals surface area contributed by atoms with Gasteiger partial charge in [-0.05, 0) is 70.6 Å². The number of fused-ring (bicyclic) bond motifs is 1. The van der Waals surface area contributed by atoms with E-state index in [1.54, 1.807) is 18.3 Å². The summed E-state index contributed by atoms with van der Waals surface area (Å²) in [6.45, 7) is 2.12. The number of nitrogens with zero attached hydrogens (tertiary/aromatic N) is 3. The fraction of sp³-hybridized carbons (Fsp3) is 0.226. The predicted molar refractivity (Wildman–Crippen MR) is 167 cm³/mol. The van der Waals surface area contributed by atoms with Crippen LogP contribution < -0.4 is 21.6 Å². The van der Waals surface area contributed by atoms with Crippen molar-refractivity contribution in [1.82, 2.24) is 21.0 Å². The Bertz CT molecular complexity index is 1650. The Morgan fingerprint density at radius 2 is 1.95 bits per heavy atom. The molecule has 41 heavy (non-hydrogen) atoms. The van der Waals surface area contributed by atoms with Crippen LogP contribution in [0.5, 0.6) is 0 Å². The lowest BCUT2D eigenvalue weighted by atomic mass is 9.69. The van der Waals surface area contributed by atoms with Gasteiger partial charge in [-0.3, -0.25) is 9.99 Å². The fourth-order valence-corrected chi connectivity index (χ4v) is 5.91.